The Morgan fingerprint density at radius 1 is 1.50 bits per heavy atom. The molecule has 4 nitrogen and oxygen atoms in total. The second-order valence-electron chi connectivity index (χ2n) is 3.21. The number of aliphatic carboxylic acids is 1. The molecule has 0 heterocycles. The summed E-state index contributed by atoms with van der Waals surface area (Å²) in [4.78, 5) is 22.1. The smallest absolute Gasteiger partial charge is 0.305 e. The Morgan fingerprint density at radius 2 is 2.12 bits per heavy atom. The standard InChI is InChI=1S/C11H13NO3S/c1-16-9-4-2-8(3-5-9)10(12-7-13)6-11(14)15/h2-5,7,10H,6H2,1H3,(H,12,13)(H,14,15). The summed E-state index contributed by atoms with van der Waals surface area (Å²) in [7, 11) is 0. The normalized spacial score (nSPS) is 11.8. The monoisotopic (exact) mass is 239 g/mol. The molecule has 0 aromatic heterocycles. The molecule has 0 aliphatic heterocycles. The highest BCUT2D eigenvalue weighted by Gasteiger charge is 2.14. The van der Waals surface area contributed by atoms with E-state index in [0.29, 0.717) is 6.41 Å². The number of thioether (sulfide) groups is 1. The van der Waals surface area contributed by atoms with Crippen molar-refractivity contribution in [1.82, 2.24) is 5.32 Å². The molecule has 0 aliphatic carbocycles. The summed E-state index contributed by atoms with van der Waals surface area (Å²) >= 11 is 1.61. The van der Waals surface area contributed by atoms with Crippen LogP contribution in [0.1, 0.15) is 18.0 Å². The zero-order chi connectivity index (χ0) is 12.0. The van der Waals surface area contributed by atoms with Gasteiger partial charge in [0.2, 0.25) is 6.41 Å². The van der Waals surface area contributed by atoms with E-state index in [-0.39, 0.29) is 6.42 Å². The molecule has 5 heteroatoms. The van der Waals surface area contributed by atoms with Gasteiger partial charge in [0.05, 0.1) is 12.5 Å². The van der Waals surface area contributed by atoms with E-state index in [9.17, 15) is 9.59 Å². The summed E-state index contributed by atoms with van der Waals surface area (Å²) in [6.45, 7) is 0. The van der Waals surface area contributed by atoms with Crippen LogP contribution in [0.5, 0.6) is 0 Å². The maximum atomic E-state index is 10.6. The van der Waals surface area contributed by atoms with E-state index in [2.05, 4.69) is 5.32 Å². The molecule has 1 aromatic carbocycles. The number of carbonyl (C=O) groups excluding carboxylic acids is 1. The minimum Gasteiger partial charge on any atom is -0.481 e. The molecule has 0 spiro atoms. The number of carbonyl (C=O) groups is 2. The lowest BCUT2D eigenvalue weighted by molar-refractivity contribution is -0.137. The number of carboxylic acid groups (broad SMARTS) is 1. The zero-order valence-electron chi connectivity index (χ0n) is 8.84. The van der Waals surface area contributed by atoms with E-state index >= 15 is 0 Å². The van der Waals surface area contributed by atoms with Crippen molar-refractivity contribution < 1.29 is 14.7 Å². The van der Waals surface area contributed by atoms with Gasteiger partial charge < -0.3 is 10.4 Å². The van der Waals surface area contributed by atoms with Crippen LogP contribution in [0.3, 0.4) is 0 Å². The minimum atomic E-state index is -0.937. The first-order valence-corrected chi connectivity index (χ1v) is 5.95. The second-order valence-corrected chi connectivity index (χ2v) is 4.09. The fraction of sp³-hybridized carbons (Fsp3) is 0.273. The van der Waals surface area contributed by atoms with Gasteiger partial charge in [0.25, 0.3) is 0 Å². The molecular weight excluding hydrogens is 226 g/mol. The van der Waals surface area contributed by atoms with Crippen molar-refractivity contribution in [2.45, 2.75) is 17.4 Å². The maximum Gasteiger partial charge on any atom is 0.305 e. The van der Waals surface area contributed by atoms with Gasteiger partial charge in [-0.25, -0.2) is 0 Å². The first-order valence-electron chi connectivity index (χ1n) is 4.72. The van der Waals surface area contributed by atoms with Gasteiger partial charge in [0.15, 0.2) is 0 Å². The molecule has 0 saturated carbocycles. The lowest BCUT2D eigenvalue weighted by Gasteiger charge is -2.14. The van der Waals surface area contributed by atoms with Gasteiger partial charge >= 0.3 is 5.97 Å². The largest absolute Gasteiger partial charge is 0.481 e. The maximum absolute atomic E-state index is 10.6. The highest BCUT2D eigenvalue weighted by molar-refractivity contribution is 7.98. The SMILES string of the molecule is CSc1ccc(C(CC(=O)O)NC=O)cc1. The summed E-state index contributed by atoms with van der Waals surface area (Å²) in [6.07, 6.45) is 2.38. The van der Waals surface area contributed by atoms with Gasteiger partial charge in [-0.05, 0) is 24.0 Å². The average molecular weight is 239 g/mol. The number of rotatable bonds is 6. The summed E-state index contributed by atoms with van der Waals surface area (Å²) in [5.41, 5.74) is 0.798. The molecule has 1 atom stereocenters. The average Bonchev–Trinajstić information content (AvgIpc) is 2.28. The van der Waals surface area contributed by atoms with Crippen LogP contribution in [0.4, 0.5) is 0 Å². The van der Waals surface area contributed by atoms with E-state index < -0.39 is 12.0 Å². The van der Waals surface area contributed by atoms with Gasteiger partial charge in [-0.1, -0.05) is 12.1 Å². The van der Waals surface area contributed by atoms with E-state index in [1.54, 1.807) is 11.8 Å². The predicted molar refractivity (Wildman–Crippen MR) is 62.4 cm³/mol. The lowest BCUT2D eigenvalue weighted by Crippen LogP contribution is -2.22. The topological polar surface area (TPSA) is 66.4 Å². The van der Waals surface area contributed by atoms with Gasteiger partial charge in [0, 0.05) is 4.90 Å². The molecule has 1 unspecified atom stereocenters. The van der Waals surface area contributed by atoms with E-state index in [0.717, 1.165) is 10.5 Å². The number of hydrogen-bond donors (Lipinski definition) is 2. The first-order chi connectivity index (χ1) is 7.67. The number of carboxylic acids is 1. The molecule has 2 N–H and O–H groups in total. The Morgan fingerprint density at radius 3 is 2.56 bits per heavy atom. The van der Waals surface area contributed by atoms with Crippen molar-refractivity contribution >= 4 is 24.1 Å². The molecule has 0 radical (unpaired) electrons. The van der Waals surface area contributed by atoms with E-state index in [4.69, 9.17) is 5.11 Å². The van der Waals surface area contributed by atoms with Crippen molar-refractivity contribution in [3.63, 3.8) is 0 Å². The molecule has 1 amide bonds. The van der Waals surface area contributed by atoms with Gasteiger partial charge in [-0.2, -0.15) is 0 Å². The molecule has 1 rings (SSSR count). The molecule has 16 heavy (non-hydrogen) atoms. The Labute approximate surface area is 98.0 Å². The third-order valence-corrected chi connectivity index (χ3v) is 2.91. The van der Waals surface area contributed by atoms with Crippen molar-refractivity contribution in [3.8, 4) is 0 Å². The van der Waals surface area contributed by atoms with Crippen LogP contribution in [0, 0.1) is 0 Å². The fourth-order valence-corrected chi connectivity index (χ4v) is 1.77. The molecule has 86 valence electrons. The number of amides is 1. The molecule has 0 fully saturated rings. The van der Waals surface area contributed by atoms with Crippen molar-refractivity contribution in [2.75, 3.05) is 6.26 Å². The van der Waals surface area contributed by atoms with Crippen LogP contribution in [-0.2, 0) is 9.59 Å². The third-order valence-electron chi connectivity index (χ3n) is 2.17. The second kappa shape index (κ2) is 6.17. The van der Waals surface area contributed by atoms with Crippen LogP contribution in [0.2, 0.25) is 0 Å². The van der Waals surface area contributed by atoms with Gasteiger partial charge in [-0.15, -0.1) is 11.8 Å². The Balaban J connectivity index is 2.82. The zero-order valence-corrected chi connectivity index (χ0v) is 9.66. The van der Waals surface area contributed by atoms with E-state index in [1.165, 1.54) is 0 Å². The van der Waals surface area contributed by atoms with Crippen molar-refractivity contribution in [3.05, 3.63) is 29.8 Å². The lowest BCUT2D eigenvalue weighted by atomic mass is 10.0. The summed E-state index contributed by atoms with van der Waals surface area (Å²) < 4.78 is 0. The first kappa shape index (κ1) is 12.6. The van der Waals surface area contributed by atoms with Crippen LogP contribution in [0.15, 0.2) is 29.2 Å². The summed E-state index contributed by atoms with van der Waals surface area (Å²) in [5, 5.41) is 11.2. The van der Waals surface area contributed by atoms with Crippen LogP contribution >= 0.6 is 11.8 Å². The molecule has 0 saturated heterocycles. The Hall–Kier alpha value is -1.49. The summed E-state index contributed by atoms with van der Waals surface area (Å²) in [5.74, 6) is -0.937. The van der Waals surface area contributed by atoms with Crippen LogP contribution in [0.25, 0.3) is 0 Å². The quantitative estimate of drug-likeness (QED) is 0.585. The van der Waals surface area contributed by atoms with Crippen molar-refractivity contribution in [2.24, 2.45) is 0 Å². The number of hydrogen-bond acceptors (Lipinski definition) is 3. The Bertz CT molecular complexity index is 364. The number of nitrogens with one attached hydrogen (secondary N) is 1. The molecule has 0 aliphatic rings. The third kappa shape index (κ3) is 3.58. The van der Waals surface area contributed by atoms with Crippen LogP contribution in [-0.4, -0.2) is 23.7 Å². The highest BCUT2D eigenvalue weighted by Crippen LogP contribution is 2.20. The molecule has 0 bridgehead atoms. The van der Waals surface area contributed by atoms with Gasteiger partial charge in [0.1, 0.15) is 0 Å². The highest BCUT2D eigenvalue weighted by atomic mass is 32.2. The summed E-state index contributed by atoms with van der Waals surface area (Å²) in [6, 6.07) is 7.00. The molecular formula is C11H13NO3S. The van der Waals surface area contributed by atoms with E-state index in [1.807, 2.05) is 30.5 Å². The minimum absolute atomic E-state index is 0.114. The number of benzene rings is 1. The predicted octanol–water partition coefficient (Wildman–Crippen LogP) is 1.67. The Kier molecular flexibility index (Phi) is 4.85. The van der Waals surface area contributed by atoms with Crippen molar-refractivity contribution in [1.29, 1.82) is 0 Å². The molecule has 1 aromatic rings. The fourth-order valence-electron chi connectivity index (χ4n) is 1.37. The van der Waals surface area contributed by atoms with Gasteiger partial charge in [-0.3, -0.25) is 9.59 Å². The van der Waals surface area contributed by atoms with Crippen LogP contribution < -0.4 is 5.32 Å².